The minimum atomic E-state index is 0.178. The normalized spacial score (nSPS) is 17.6. The number of aromatic nitrogens is 5. The van der Waals surface area contributed by atoms with Crippen molar-refractivity contribution in [2.24, 2.45) is 5.41 Å². The number of aryl methyl sites for hydroxylation is 1. The minimum Gasteiger partial charge on any atom is -0.355 e. The number of carbonyl (C=O) groups excluding carboxylic acids is 1. The van der Waals surface area contributed by atoms with Gasteiger partial charge >= 0.3 is 0 Å². The molecule has 31 heavy (non-hydrogen) atoms. The van der Waals surface area contributed by atoms with Crippen LogP contribution in [-0.2, 0) is 11.3 Å². The number of likely N-dealkylation sites (tertiary alicyclic amines) is 1. The Hall–Kier alpha value is -3.01. The van der Waals surface area contributed by atoms with Gasteiger partial charge in [-0.2, -0.15) is 9.47 Å². The van der Waals surface area contributed by atoms with Gasteiger partial charge in [0.25, 0.3) is 0 Å². The van der Waals surface area contributed by atoms with Crippen molar-refractivity contribution in [2.45, 2.75) is 33.2 Å². The van der Waals surface area contributed by atoms with Crippen LogP contribution in [0.2, 0.25) is 0 Å². The molecule has 5 heterocycles. The smallest absolute Gasteiger partial charge is 0.219 e. The van der Waals surface area contributed by atoms with Crippen molar-refractivity contribution in [1.29, 1.82) is 0 Å². The van der Waals surface area contributed by atoms with Crippen molar-refractivity contribution in [1.82, 2.24) is 29.0 Å². The van der Waals surface area contributed by atoms with E-state index in [0.717, 1.165) is 68.6 Å². The fraction of sp³-hybridized carbons (Fsp3) is 0.476. The molecule has 2 fully saturated rings. The first-order valence-electron chi connectivity index (χ1n) is 10.6. The summed E-state index contributed by atoms with van der Waals surface area (Å²) in [6.45, 7) is 8.13. The lowest BCUT2D eigenvalue weighted by Gasteiger charge is -2.54. The van der Waals surface area contributed by atoms with Crippen LogP contribution in [0.5, 0.6) is 0 Å². The highest BCUT2D eigenvalue weighted by Gasteiger charge is 2.45. The molecule has 0 unspecified atom stereocenters. The number of hydrogen-bond acceptors (Lipinski definition) is 8. The van der Waals surface area contributed by atoms with E-state index in [1.165, 1.54) is 11.5 Å². The van der Waals surface area contributed by atoms with E-state index in [1.807, 2.05) is 39.5 Å². The summed E-state index contributed by atoms with van der Waals surface area (Å²) in [4.78, 5) is 25.5. The summed E-state index contributed by atoms with van der Waals surface area (Å²) in [6.07, 6.45) is 5.88. The van der Waals surface area contributed by atoms with E-state index in [9.17, 15) is 4.79 Å². The summed E-state index contributed by atoms with van der Waals surface area (Å²) in [5.41, 5.74) is 1.18. The van der Waals surface area contributed by atoms with Gasteiger partial charge in [-0.3, -0.25) is 9.48 Å². The number of carbonyl (C=O) groups is 1. The molecule has 0 aliphatic carbocycles. The Morgan fingerprint density at radius 3 is 2.68 bits per heavy atom. The monoisotopic (exact) mass is 438 g/mol. The molecule has 0 radical (unpaired) electrons. The zero-order chi connectivity index (χ0) is 21.4. The summed E-state index contributed by atoms with van der Waals surface area (Å²) >= 11 is 1.40. The molecule has 1 amide bonds. The molecule has 1 N–H and O–H groups in total. The van der Waals surface area contributed by atoms with Crippen LogP contribution in [0.25, 0.3) is 11.4 Å². The van der Waals surface area contributed by atoms with Gasteiger partial charge in [0.05, 0.1) is 11.8 Å². The fourth-order valence-corrected chi connectivity index (χ4v) is 4.86. The van der Waals surface area contributed by atoms with Gasteiger partial charge in [-0.1, -0.05) is 0 Å². The van der Waals surface area contributed by atoms with Gasteiger partial charge < -0.3 is 15.1 Å². The Kier molecular flexibility index (Phi) is 5.09. The number of nitrogens with one attached hydrogen (secondary N) is 1. The van der Waals surface area contributed by atoms with Crippen molar-refractivity contribution in [3.63, 3.8) is 0 Å². The molecule has 10 heteroatoms. The highest BCUT2D eigenvalue weighted by atomic mass is 32.1. The number of nitrogens with zero attached hydrogens (tertiary/aromatic N) is 7. The lowest BCUT2D eigenvalue weighted by Crippen LogP contribution is -2.61. The van der Waals surface area contributed by atoms with Gasteiger partial charge in [0, 0.05) is 62.7 Å². The average molecular weight is 439 g/mol. The third-order valence-electron chi connectivity index (χ3n) is 6.27. The number of anilines is 3. The highest BCUT2D eigenvalue weighted by molar-refractivity contribution is 7.03. The first-order valence-corrected chi connectivity index (χ1v) is 11.5. The van der Waals surface area contributed by atoms with Gasteiger partial charge in [0.15, 0.2) is 5.82 Å². The Balaban J connectivity index is 1.38. The summed E-state index contributed by atoms with van der Waals surface area (Å²) in [6, 6.07) is 3.92. The lowest BCUT2D eigenvalue weighted by molar-refractivity contribution is -0.131. The molecule has 2 aliphatic rings. The van der Waals surface area contributed by atoms with Gasteiger partial charge in [0.1, 0.15) is 17.5 Å². The van der Waals surface area contributed by atoms with E-state index >= 15 is 0 Å². The van der Waals surface area contributed by atoms with E-state index < -0.39 is 0 Å². The number of piperidine rings is 1. The molecule has 0 saturated carbocycles. The molecule has 162 valence electrons. The summed E-state index contributed by atoms with van der Waals surface area (Å²) in [7, 11) is 0. The Morgan fingerprint density at radius 2 is 2.03 bits per heavy atom. The number of hydrogen-bond donors (Lipinski definition) is 1. The van der Waals surface area contributed by atoms with E-state index in [2.05, 4.69) is 26.6 Å². The topological polar surface area (TPSA) is 92.1 Å². The standard InChI is InChI=1S/C21H26N8OS/c1-3-29-12-16(11-22-29)20-24-18(23-17-4-9-31-26-17)10-19(25-20)28-13-21(14-28)5-7-27(8-6-21)15(2)30/h4,9-12H,3,5-8,13-14H2,1-2H3,(H,23,24,25,26). The second kappa shape index (κ2) is 7.92. The molecule has 0 aromatic carbocycles. The Labute approximate surface area is 185 Å². The van der Waals surface area contributed by atoms with Crippen molar-refractivity contribution >= 4 is 34.9 Å². The maximum atomic E-state index is 11.6. The molecular weight excluding hydrogens is 412 g/mol. The van der Waals surface area contributed by atoms with Gasteiger partial charge in [-0.15, -0.1) is 0 Å². The molecule has 5 rings (SSSR count). The van der Waals surface area contributed by atoms with Crippen molar-refractivity contribution in [3.8, 4) is 11.4 Å². The molecule has 2 aliphatic heterocycles. The Bertz CT molecular complexity index is 1060. The summed E-state index contributed by atoms with van der Waals surface area (Å²) < 4.78 is 6.21. The van der Waals surface area contributed by atoms with Crippen molar-refractivity contribution in [2.75, 3.05) is 36.4 Å². The minimum absolute atomic E-state index is 0.178. The lowest BCUT2D eigenvalue weighted by atomic mass is 9.72. The maximum Gasteiger partial charge on any atom is 0.219 e. The molecule has 3 aromatic rings. The molecule has 0 bridgehead atoms. The average Bonchev–Trinajstić information content (AvgIpc) is 3.43. The molecule has 1 spiro atoms. The SMILES string of the molecule is CCn1cc(-c2nc(Nc3ccsn3)cc(N3CC4(CCN(C(C)=O)CC4)C3)n2)cn1. The highest BCUT2D eigenvalue weighted by Crippen LogP contribution is 2.42. The second-order valence-electron chi connectivity index (χ2n) is 8.39. The van der Waals surface area contributed by atoms with Gasteiger partial charge in [-0.05, 0) is 37.4 Å². The van der Waals surface area contributed by atoms with Crippen LogP contribution < -0.4 is 10.2 Å². The first-order chi connectivity index (χ1) is 15.0. The maximum absolute atomic E-state index is 11.6. The van der Waals surface area contributed by atoms with Crippen molar-refractivity contribution < 1.29 is 4.79 Å². The fourth-order valence-electron chi connectivity index (χ4n) is 4.39. The van der Waals surface area contributed by atoms with E-state index in [0.29, 0.717) is 5.82 Å². The van der Waals surface area contributed by atoms with Crippen LogP contribution in [0.1, 0.15) is 26.7 Å². The van der Waals surface area contributed by atoms with Crippen LogP contribution in [0.4, 0.5) is 17.5 Å². The predicted molar refractivity (Wildman–Crippen MR) is 120 cm³/mol. The van der Waals surface area contributed by atoms with Crippen LogP contribution >= 0.6 is 11.5 Å². The molecule has 3 aromatic heterocycles. The van der Waals surface area contributed by atoms with Gasteiger partial charge in [0.2, 0.25) is 5.91 Å². The molecule has 2 saturated heterocycles. The van der Waals surface area contributed by atoms with E-state index in [-0.39, 0.29) is 11.3 Å². The molecular formula is C21H26N8OS. The van der Waals surface area contributed by atoms with Gasteiger partial charge in [-0.25, -0.2) is 9.97 Å². The molecule has 0 atom stereocenters. The number of rotatable bonds is 5. The van der Waals surface area contributed by atoms with Crippen LogP contribution in [-0.4, -0.2) is 61.1 Å². The van der Waals surface area contributed by atoms with Crippen LogP contribution in [0, 0.1) is 5.41 Å². The van der Waals surface area contributed by atoms with Crippen LogP contribution in [0.3, 0.4) is 0 Å². The largest absolute Gasteiger partial charge is 0.355 e. The zero-order valence-corrected chi connectivity index (χ0v) is 18.6. The third-order valence-corrected chi connectivity index (χ3v) is 6.83. The Morgan fingerprint density at radius 1 is 1.23 bits per heavy atom. The zero-order valence-electron chi connectivity index (χ0n) is 17.8. The first kappa shape index (κ1) is 19.9. The van der Waals surface area contributed by atoms with Crippen LogP contribution in [0.15, 0.2) is 29.9 Å². The third kappa shape index (κ3) is 3.99. The van der Waals surface area contributed by atoms with Crippen molar-refractivity contribution in [3.05, 3.63) is 29.9 Å². The summed E-state index contributed by atoms with van der Waals surface area (Å²) in [5.74, 6) is 3.25. The summed E-state index contributed by atoms with van der Waals surface area (Å²) in [5, 5.41) is 9.61. The van der Waals surface area contributed by atoms with E-state index in [1.54, 1.807) is 6.92 Å². The second-order valence-corrected chi connectivity index (χ2v) is 9.06. The predicted octanol–water partition coefficient (Wildman–Crippen LogP) is 3.01. The number of amides is 1. The quantitative estimate of drug-likeness (QED) is 0.655. The van der Waals surface area contributed by atoms with E-state index in [4.69, 9.17) is 9.97 Å². The molecule has 9 nitrogen and oxygen atoms in total.